The van der Waals surface area contributed by atoms with E-state index in [1.807, 2.05) is 0 Å². The van der Waals surface area contributed by atoms with Gasteiger partial charge in [-0.3, -0.25) is 9.59 Å². The van der Waals surface area contributed by atoms with E-state index >= 15 is 0 Å². The number of amides is 2. The van der Waals surface area contributed by atoms with Crippen molar-refractivity contribution >= 4 is 34.8 Å². The molecule has 0 radical (unpaired) electrons. The number of benzene rings is 1. The highest BCUT2D eigenvalue weighted by atomic mass is 32.1. The van der Waals surface area contributed by atoms with Crippen molar-refractivity contribution in [1.29, 1.82) is 0 Å². The number of rotatable bonds is 5. The van der Waals surface area contributed by atoms with E-state index < -0.39 is 0 Å². The summed E-state index contributed by atoms with van der Waals surface area (Å²) in [7, 11) is 0. The predicted octanol–water partition coefficient (Wildman–Crippen LogP) is 2.99. The summed E-state index contributed by atoms with van der Waals surface area (Å²) < 4.78 is 5.50. The Morgan fingerprint density at radius 1 is 1.04 bits per heavy atom. The van der Waals surface area contributed by atoms with Gasteiger partial charge in [0.2, 0.25) is 5.91 Å². The fourth-order valence-corrected chi connectivity index (χ4v) is 3.78. The van der Waals surface area contributed by atoms with Gasteiger partial charge in [-0.15, -0.1) is 0 Å². The fraction of sp³-hybridized carbons (Fsp3) is 0.550. The first-order chi connectivity index (χ1) is 13.1. The van der Waals surface area contributed by atoms with E-state index in [0.717, 1.165) is 50.8 Å². The molecule has 0 unspecified atom stereocenters. The highest BCUT2D eigenvalue weighted by Crippen LogP contribution is 2.23. The van der Waals surface area contributed by atoms with E-state index in [1.165, 1.54) is 6.42 Å². The highest BCUT2D eigenvalue weighted by Gasteiger charge is 2.21. The Labute approximate surface area is 165 Å². The topological polar surface area (TPSA) is 79.5 Å². The molecule has 0 aromatic heterocycles. The maximum Gasteiger partial charge on any atom is 0.251 e. The SMILES string of the molecule is O=C(NC[C@@H]1CCCO1)c1ccc(NC(=S)NC(=O)C2CCCCC2)cc1. The van der Waals surface area contributed by atoms with Crippen molar-refractivity contribution in [2.24, 2.45) is 5.92 Å². The van der Waals surface area contributed by atoms with Gasteiger partial charge in [0.1, 0.15) is 0 Å². The second-order valence-corrected chi connectivity index (χ2v) is 7.61. The second kappa shape index (κ2) is 9.80. The van der Waals surface area contributed by atoms with Crippen LogP contribution in [0.15, 0.2) is 24.3 Å². The maximum atomic E-state index is 12.2. The summed E-state index contributed by atoms with van der Waals surface area (Å²) in [5.41, 5.74) is 1.32. The van der Waals surface area contributed by atoms with Gasteiger partial charge in [-0.25, -0.2) is 0 Å². The van der Waals surface area contributed by atoms with Crippen molar-refractivity contribution in [2.75, 3.05) is 18.5 Å². The monoisotopic (exact) mass is 389 g/mol. The second-order valence-electron chi connectivity index (χ2n) is 7.20. The lowest BCUT2D eigenvalue weighted by Gasteiger charge is -2.21. The van der Waals surface area contributed by atoms with Gasteiger partial charge < -0.3 is 20.7 Å². The zero-order valence-corrected chi connectivity index (χ0v) is 16.3. The molecule has 0 spiro atoms. The van der Waals surface area contributed by atoms with Crippen LogP contribution in [0.25, 0.3) is 0 Å². The number of thiocarbonyl (C=S) groups is 1. The molecular weight excluding hydrogens is 362 g/mol. The van der Waals surface area contributed by atoms with E-state index in [1.54, 1.807) is 24.3 Å². The van der Waals surface area contributed by atoms with Crippen LogP contribution >= 0.6 is 12.2 Å². The molecule has 6 nitrogen and oxygen atoms in total. The van der Waals surface area contributed by atoms with E-state index in [-0.39, 0.29) is 23.8 Å². The van der Waals surface area contributed by atoms with Crippen LogP contribution in [0, 0.1) is 5.92 Å². The first-order valence-corrected chi connectivity index (χ1v) is 10.1. The first kappa shape index (κ1) is 19.8. The molecule has 1 aromatic rings. The van der Waals surface area contributed by atoms with E-state index in [0.29, 0.717) is 17.2 Å². The molecule has 1 aromatic carbocycles. The number of ether oxygens (including phenoxy) is 1. The molecule has 7 heteroatoms. The fourth-order valence-electron chi connectivity index (χ4n) is 3.56. The number of hydrogen-bond acceptors (Lipinski definition) is 4. The summed E-state index contributed by atoms with van der Waals surface area (Å²) >= 11 is 5.23. The minimum Gasteiger partial charge on any atom is -0.376 e. The molecule has 1 aliphatic heterocycles. The molecule has 2 aliphatic rings. The Morgan fingerprint density at radius 2 is 1.78 bits per heavy atom. The molecule has 3 N–H and O–H groups in total. The summed E-state index contributed by atoms with van der Waals surface area (Å²) in [6, 6.07) is 7.03. The number of carbonyl (C=O) groups is 2. The molecule has 2 amide bonds. The number of hydrogen-bond donors (Lipinski definition) is 3. The van der Waals surface area contributed by atoms with Crippen molar-refractivity contribution in [1.82, 2.24) is 10.6 Å². The smallest absolute Gasteiger partial charge is 0.251 e. The number of anilines is 1. The van der Waals surface area contributed by atoms with Crippen LogP contribution in [0.5, 0.6) is 0 Å². The summed E-state index contributed by atoms with van der Waals surface area (Å²) in [6.45, 7) is 1.31. The summed E-state index contributed by atoms with van der Waals surface area (Å²) in [5.74, 6) is -0.0593. The van der Waals surface area contributed by atoms with Gasteiger partial charge in [-0.1, -0.05) is 19.3 Å². The number of carbonyl (C=O) groups excluding carboxylic acids is 2. The molecule has 2 fully saturated rings. The standard InChI is InChI=1S/C20H27N3O3S/c24-18(21-13-17-7-4-12-26-17)15-8-10-16(11-9-15)22-20(27)23-19(25)14-5-2-1-3-6-14/h8-11,14,17H,1-7,12-13H2,(H,21,24)(H2,22,23,25,27)/t17-/m0/s1. The number of nitrogens with one attached hydrogen (secondary N) is 3. The molecule has 3 rings (SSSR count). The van der Waals surface area contributed by atoms with Gasteiger partial charge in [0.25, 0.3) is 5.91 Å². The van der Waals surface area contributed by atoms with Gasteiger partial charge in [-0.05, 0) is 62.2 Å². The molecule has 146 valence electrons. The van der Waals surface area contributed by atoms with Crippen LogP contribution in [-0.2, 0) is 9.53 Å². The molecule has 27 heavy (non-hydrogen) atoms. The normalized spacial score (nSPS) is 20.1. The van der Waals surface area contributed by atoms with Crippen LogP contribution in [0.2, 0.25) is 0 Å². The summed E-state index contributed by atoms with van der Waals surface area (Å²) in [4.78, 5) is 24.4. The molecular formula is C20H27N3O3S. The third-order valence-electron chi connectivity index (χ3n) is 5.13. The average molecular weight is 390 g/mol. The van der Waals surface area contributed by atoms with Crippen LogP contribution in [0.3, 0.4) is 0 Å². The van der Waals surface area contributed by atoms with Crippen molar-refractivity contribution < 1.29 is 14.3 Å². The van der Waals surface area contributed by atoms with Gasteiger partial charge in [0.05, 0.1) is 6.10 Å². The van der Waals surface area contributed by atoms with Crippen LogP contribution in [0.4, 0.5) is 5.69 Å². The Bertz CT molecular complexity index is 666. The zero-order chi connectivity index (χ0) is 19.1. The Balaban J connectivity index is 1.44. The lowest BCUT2D eigenvalue weighted by atomic mass is 9.89. The van der Waals surface area contributed by atoms with Crippen LogP contribution in [0.1, 0.15) is 55.3 Å². The Kier molecular flexibility index (Phi) is 7.18. The minimum absolute atomic E-state index is 0.00247. The van der Waals surface area contributed by atoms with Crippen molar-refractivity contribution in [3.63, 3.8) is 0 Å². The maximum absolute atomic E-state index is 12.2. The van der Waals surface area contributed by atoms with Crippen LogP contribution in [-0.4, -0.2) is 36.2 Å². The van der Waals surface area contributed by atoms with Crippen LogP contribution < -0.4 is 16.0 Å². The minimum atomic E-state index is -0.120. The summed E-state index contributed by atoms with van der Waals surface area (Å²) in [6.07, 6.45) is 7.46. The van der Waals surface area contributed by atoms with Crippen molar-refractivity contribution in [2.45, 2.75) is 51.0 Å². The van der Waals surface area contributed by atoms with E-state index in [9.17, 15) is 9.59 Å². The highest BCUT2D eigenvalue weighted by molar-refractivity contribution is 7.80. The molecule has 1 saturated carbocycles. The van der Waals surface area contributed by atoms with Gasteiger partial charge in [0.15, 0.2) is 5.11 Å². The lowest BCUT2D eigenvalue weighted by Crippen LogP contribution is -2.39. The molecule has 0 bridgehead atoms. The zero-order valence-electron chi connectivity index (χ0n) is 15.5. The van der Waals surface area contributed by atoms with Crippen molar-refractivity contribution in [3.8, 4) is 0 Å². The molecule has 1 aliphatic carbocycles. The average Bonchev–Trinajstić information content (AvgIpc) is 3.21. The summed E-state index contributed by atoms with van der Waals surface area (Å²) in [5, 5.41) is 8.97. The third-order valence-corrected chi connectivity index (χ3v) is 5.34. The lowest BCUT2D eigenvalue weighted by molar-refractivity contribution is -0.124. The molecule has 1 saturated heterocycles. The van der Waals surface area contributed by atoms with Crippen molar-refractivity contribution in [3.05, 3.63) is 29.8 Å². The predicted molar refractivity (Wildman–Crippen MR) is 109 cm³/mol. The van der Waals surface area contributed by atoms with E-state index in [4.69, 9.17) is 17.0 Å². The Morgan fingerprint density at radius 3 is 2.44 bits per heavy atom. The largest absolute Gasteiger partial charge is 0.376 e. The third kappa shape index (κ3) is 6.01. The first-order valence-electron chi connectivity index (χ1n) is 9.73. The quantitative estimate of drug-likeness (QED) is 0.675. The van der Waals surface area contributed by atoms with Gasteiger partial charge in [-0.2, -0.15) is 0 Å². The van der Waals surface area contributed by atoms with Gasteiger partial charge in [0, 0.05) is 30.3 Å². The van der Waals surface area contributed by atoms with E-state index in [2.05, 4.69) is 16.0 Å². The van der Waals surface area contributed by atoms with Gasteiger partial charge >= 0.3 is 0 Å². The molecule has 1 atom stereocenters. The molecule has 1 heterocycles. The Hall–Kier alpha value is -1.99.